The summed E-state index contributed by atoms with van der Waals surface area (Å²) in [6, 6.07) is 5.48. The van der Waals surface area contributed by atoms with Crippen molar-refractivity contribution in [1.82, 2.24) is 10.2 Å². The average molecular weight is 484 g/mol. The molecule has 34 heavy (non-hydrogen) atoms. The number of nitrogens with zero attached hydrogens (tertiary/aromatic N) is 2. The Bertz CT molecular complexity index is 1060. The Morgan fingerprint density at radius 2 is 2.06 bits per heavy atom. The Labute approximate surface area is 203 Å². The molecule has 1 atom stereocenters. The summed E-state index contributed by atoms with van der Waals surface area (Å²) in [4.78, 5) is 32.4. The van der Waals surface area contributed by atoms with Gasteiger partial charge in [0.15, 0.2) is 11.5 Å². The van der Waals surface area contributed by atoms with Crippen LogP contribution in [0.4, 0.5) is 0 Å². The van der Waals surface area contributed by atoms with Crippen LogP contribution in [0.3, 0.4) is 0 Å². The fourth-order valence-electron chi connectivity index (χ4n) is 3.90. The molecular weight excluding hydrogens is 454 g/mol. The molecular formula is C25H29N3O5S. The van der Waals surface area contributed by atoms with E-state index in [0.717, 1.165) is 44.8 Å². The highest BCUT2D eigenvalue weighted by atomic mass is 32.2. The number of carbonyl (C=O) groups excluding carboxylic acids is 2. The number of benzene rings is 1. The van der Waals surface area contributed by atoms with E-state index in [1.165, 1.54) is 11.8 Å². The number of morpholine rings is 1. The van der Waals surface area contributed by atoms with E-state index in [2.05, 4.69) is 15.2 Å². The van der Waals surface area contributed by atoms with Gasteiger partial charge in [0.25, 0.3) is 11.8 Å². The highest BCUT2D eigenvalue weighted by Crippen LogP contribution is 2.35. The minimum absolute atomic E-state index is 0.109. The van der Waals surface area contributed by atoms with Gasteiger partial charge in [-0.2, -0.15) is 0 Å². The Hall–Kier alpha value is -2.88. The maximum atomic E-state index is 12.7. The molecule has 1 N–H and O–H groups in total. The van der Waals surface area contributed by atoms with Gasteiger partial charge < -0.3 is 19.5 Å². The molecule has 1 saturated heterocycles. The number of hydrogen-bond acceptors (Lipinski definition) is 7. The van der Waals surface area contributed by atoms with E-state index in [4.69, 9.17) is 14.2 Å². The number of thioether (sulfide) groups is 1. The molecule has 0 saturated carbocycles. The topological polar surface area (TPSA) is 89.5 Å². The van der Waals surface area contributed by atoms with Gasteiger partial charge in [0.2, 0.25) is 0 Å². The van der Waals surface area contributed by atoms with Gasteiger partial charge in [-0.1, -0.05) is 18.2 Å². The molecule has 1 unspecified atom stereocenters. The number of allylic oxidation sites excluding steroid dienone is 1. The molecule has 1 fully saturated rings. The normalized spacial score (nSPS) is 21.5. The molecule has 0 radical (unpaired) electrons. The summed E-state index contributed by atoms with van der Waals surface area (Å²) in [6.07, 6.45) is 8.10. The first-order valence-electron chi connectivity index (χ1n) is 11.3. The van der Waals surface area contributed by atoms with Gasteiger partial charge in [-0.25, -0.2) is 4.99 Å². The fourth-order valence-corrected chi connectivity index (χ4v) is 4.92. The molecule has 0 bridgehead atoms. The first kappa shape index (κ1) is 24.3. The molecule has 3 aliphatic rings. The van der Waals surface area contributed by atoms with E-state index >= 15 is 0 Å². The van der Waals surface area contributed by atoms with Crippen molar-refractivity contribution in [1.29, 1.82) is 0 Å². The Balaban J connectivity index is 1.36. The zero-order valence-corrected chi connectivity index (χ0v) is 20.2. The predicted molar refractivity (Wildman–Crippen MR) is 133 cm³/mol. The number of fused-ring (bicyclic) bond motifs is 1. The van der Waals surface area contributed by atoms with Crippen molar-refractivity contribution >= 4 is 35.4 Å². The van der Waals surface area contributed by atoms with Crippen LogP contribution in [0.2, 0.25) is 0 Å². The number of aliphatic imine (C=N–C) groups is 1. The van der Waals surface area contributed by atoms with E-state index < -0.39 is 0 Å². The number of amides is 2. The first-order chi connectivity index (χ1) is 16.6. The number of carbonyl (C=O) groups is 2. The van der Waals surface area contributed by atoms with Gasteiger partial charge in [0, 0.05) is 25.2 Å². The van der Waals surface area contributed by atoms with E-state index in [-0.39, 0.29) is 17.1 Å². The lowest BCUT2D eigenvalue weighted by Crippen LogP contribution is -2.38. The summed E-state index contributed by atoms with van der Waals surface area (Å²) in [6.45, 7) is 4.97. The summed E-state index contributed by atoms with van der Waals surface area (Å²) in [5.41, 5.74) is 1.93. The quantitative estimate of drug-likeness (QED) is 0.449. The second kappa shape index (κ2) is 11.5. The van der Waals surface area contributed by atoms with Crippen LogP contribution in [-0.2, 0) is 14.3 Å². The van der Waals surface area contributed by atoms with Crippen LogP contribution in [0.25, 0.3) is 6.08 Å². The van der Waals surface area contributed by atoms with Crippen LogP contribution in [0, 0.1) is 0 Å². The number of hydrogen-bond donors (Lipinski definition) is 1. The summed E-state index contributed by atoms with van der Waals surface area (Å²) in [7, 11) is 3.15. The van der Waals surface area contributed by atoms with Crippen molar-refractivity contribution in [3.05, 3.63) is 52.5 Å². The van der Waals surface area contributed by atoms with E-state index in [9.17, 15) is 9.59 Å². The molecule has 2 amide bonds. The Morgan fingerprint density at radius 1 is 1.26 bits per heavy atom. The Morgan fingerprint density at radius 3 is 2.82 bits per heavy atom. The lowest BCUT2D eigenvalue weighted by atomic mass is 10.0. The summed E-state index contributed by atoms with van der Waals surface area (Å²) >= 11 is 1.42. The van der Waals surface area contributed by atoms with Crippen LogP contribution in [-0.4, -0.2) is 81.3 Å². The lowest BCUT2D eigenvalue weighted by molar-refractivity contribution is -0.117. The second-order valence-electron chi connectivity index (χ2n) is 8.03. The molecule has 180 valence electrons. The molecule has 4 rings (SSSR count). The van der Waals surface area contributed by atoms with Crippen molar-refractivity contribution in [2.24, 2.45) is 4.99 Å². The Kier molecular flexibility index (Phi) is 8.21. The van der Waals surface area contributed by atoms with Crippen molar-refractivity contribution in [2.45, 2.75) is 11.7 Å². The molecule has 1 aromatic carbocycles. The van der Waals surface area contributed by atoms with E-state index in [1.54, 1.807) is 38.5 Å². The monoisotopic (exact) mass is 483 g/mol. The highest BCUT2D eigenvalue weighted by molar-refractivity contribution is 8.05. The molecule has 0 aromatic heterocycles. The van der Waals surface area contributed by atoms with Crippen LogP contribution < -0.4 is 14.8 Å². The molecule has 2 aliphatic heterocycles. The van der Waals surface area contributed by atoms with Crippen molar-refractivity contribution in [3.63, 3.8) is 0 Å². The molecule has 1 aliphatic carbocycles. The zero-order chi connectivity index (χ0) is 23.9. The fraction of sp³-hybridized carbons (Fsp3) is 0.400. The lowest BCUT2D eigenvalue weighted by Gasteiger charge is -2.26. The van der Waals surface area contributed by atoms with Crippen LogP contribution in [0.5, 0.6) is 11.5 Å². The summed E-state index contributed by atoms with van der Waals surface area (Å²) < 4.78 is 16.0. The molecule has 0 spiro atoms. The maximum absolute atomic E-state index is 12.7. The molecule has 8 nitrogen and oxygen atoms in total. The standard InChI is InChI=1S/C25H29N3O5S/c1-31-20-6-4-17(14-21(20)32-2)15-23-25(30)27-19-16-18(5-7-22(19)34-23)24(29)26-8-3-9-28-10-12-33-13-11-28/h4-7,14-16,22H,3,8-13H2,1-2H3,(H,26,29)/b23-15+. The molecule has 2 heterocycles. The third kappa shape index (κ3) is 5.97. The zero-order valence-electron chi connectivity index (χ0n) is 19.4. The minimum Gasteiger partial charge on any atom is -0.493 e. The van der Waals surface area contributed by atoms with Gasteiger partial charge >= 0.3 is 0 Å². The van der Waals surface area contributed by atoms with Crippen LogP contribution in [0.1, 0.15) is 12.0 Å². The third-order valence-corrected chi connectivity index (χ3v) is 6.95. The smallest absolute Gasteiger partial charge is 0.283 e. The van der Waals surface area contributed by atoms with Crippen LogP contribution in [0.15, 0.2) is 51.9 Å². The van der Waals surface area contributed by atoms with Crippen molar-refractivity contribution < 1.29 is 23.8 Å². The van der Waals surface area contributed by atoms with Crippen molar-refractivity contribution in [3.8, 4) is 11.5 Å². The van der Waals surface area contributed by atoms with Gasteiger partial charge in [-0.3, -0.25) is 14.5 Å². The van der Waals surface area contributed by atoms with Crippen LogP contribution >= 0.6 is 11.8 Å². The maximum Gasteiger partial charge on any atom is 0.283 e. The van der Waals surface area contributed by atoms with Gasteiger partial charge in [0.05, 0.1) is 43.3 Å². The SMILES string of the molecule is COc1ccc(/C=C2/SC3C=CC(C(=O)NCCCN4CCOCC4)=CC3=NC2=O)cc1OC. The van der Waals surface area contributed by atoms with Gasteiger partial charge in [0.1, 0.15) is 0 Å². The third-order valence-electron chi connectivity index (χ3n) is 5.75. The van der Waals surface area contributed by atoms with Gasteiger partial charge in [-0.15, -0.1) is 11.8 Å². The highest BCUT2D eigenvalue weighted by Gasteiger charge is 2.28. The molecule has 9 heteroatoms. The average Bonchev–Trinajstić information content (AvgIpc) is 2.87. The van der Waals surface area contributed by atoms with Crippen molar-refractivity contribution in [2.75, 3.05) is 53.6 Å². The van der Waals surface area contributed by atoms with Gasteiger partial charge in [-0.05, 0) is 42.8 Å². The molecule has 1 aromatic rings. The van der Waals surface area contributed by atoms with E-state index in [0.29, 0.717) is 34.2 Å². The first-order valence-corrected chi connectivity index (χ1v) is 12.2. The number of ether oxygens (including phenoxy) is 3. The number of rotatable bonds is 8. The van der Waals surface area contributed by atoms with E-state index in [1.807, 2.05) is 18.2 Å². The summed E-state index contributed by atoms with van der Waals surface area (Å²) in [5.74, 6) is 0.751. The largest absolute Gasteiger partial charge is 0.493 e. The predicted octanol–water partition coefficient (Wildman–Crippen LogP) is 2.46. The second-order valence-corrected chi connectivity index (χ2v) is 9.21. The minimum atomic E-state index is -0.317. The number of nitrogens with one attached hydrogen (secondary N) is 1. The summed E-state index contributed by atoms with van der Waals surface area (Å²) in [5, 5.41) is 2.85. The number of methoxy groups -OCH3 is 2.